The van der Waals surface area contributed by atoms with Crippen molar-refractivity contribution >= 4 is 23.2 Å². The van der Waals surface area contributed by atoms with Gasteiger partial charge in [-0.2, -0.15) is 0 Å². The van der Waals surface area contributed by atoms with Crippen LogP contribution in [0, 0.1) is 17.3 Å². The highest BCUT2D eigenvalue weighted by Gasteiger charge is 2.52. The van der Waals surface area contributed by atoms with Gasteiger partial charge in [-0.25, -0.2) is 0 Å². The van der Waals surface area contributed by atoms with Crippen LogP contribution in [0.15, 0.2) is 35.3 Å². The molecule has 2 rings (SSSR count). The van der Waals surface area contributed by atoms with E-state index in [-0.39, 0.29) is 11.6 Å². The molecule has 0 saturated heterocycles. The van der Waals surface area contributed by atoms with Gasteiger partial charge in [0.05, 0.1) is 13.7 Å². The quantitative estimate of drug-likeness (QED) is 0.578. The fourth-order valence-corrected chi connectivity index (χ4v) is 3.60. The largest absolute Gasteiger partial charge is 0.468 e. The molecule has 1 aliphatic carbocycles. The average Bonchev–Trinajstić information content (AvgIpc) is 2.59. The van der Waals surface area contributed by atoms with E-state index in [9.17, 15) is 14.4 Å². The van der Waals surface area contributed by atoms with Gasteiger partial charge in [0.15, 0.2) is 5.78 Å². The van der Waals surface area contributed by atoms with Gasteiger partial charge in [-0.3, -0.25) is 19.4 Å². The number of nitrogens with zero attached hydrogens (tertiary/aromatic N) is 1. The van der Waals surface area contributed by atoms with E-state index in [2.05, 4.69) is 4.99 Å². The molecule has 0 N–H and O–H groups in total. The van der Waals surface area contributed by atoms with E-state index in [0.29, 0.717) is 31.5 Å². The monoisotopic (exact) mass is 357 g/mol. The molecule has 5 nitrogen and oxygen atoms in total. The standard InChI is InChI=1S/C21H27NO4/c1-5-9-16(23)17-15(22-13-14-10-7-6-8-11-14)12-21(2,3)18(19(17)24)20(25)26-4/h6-8,10-11,17-18H,5,9,12-13H2,1-4H3/t17-,18+/m1/s1. The molecule has 1 aliphatic rings. The van der Waals surface area contributed by atoms with Crippen molar-refractivity contribution in [2.45, 2.75) is 46.6 Å². The number of carbonyl (C=O) groups is 3. The molecule has 1 aromatic carbocycles. The van der Waals surface area contributed by atoms with E-state index in [4.69, 9.17) is 4.74 Å². The summed E-state index contributed by atoms with van der Waals surface area (Å²) in [4.78, 5) is 42.6. The van der Waals surface area contributed by atoms with Crippen molar-refractivity contribution in [2.24, 2.45) is 22.2 Å². The first-order chi connectivity index (χ1) is 12.3. The molecule has 0 aliphatic heterocycles. The van der Waals surface area contributed by atoms with Gasteiger partial charge in [0, 0.05) is 12.1 Å². The molecular formula is C21H27NO4. The van der Waals surface area contributed by atoms with Gasteiger partial charge in [0.25, 0.3) is 0 Å². The van der Waals surface area contributed by atoms with Crippen LogP contribution < -0.4 is 0 Å². The highest BCUT2D eigenvalue weighted by Crippen LogP contribution is 2.41. The molecule has 26 heavy (non-hydrogen) atoms. The number of ketones is 2. The number of hydrogen-bond donors (Lipinski definition) is 0. The summed E-state index contributed by atoms with van der Waals surface area (Å²) in [6, 6.07) is 9.70. The Hall–Kier alpha value is -2.30. The number of Topliss-reactive ketones (excluding diaryl/α,β-unsaturated/α-hetero) is 2. The lowest BCUT2D eigenvalue weighted by Gasteiger charge is -2.39. The number of benzene rings is 1. The Morgan fingerprint density at radius 2 is 1.88 bits per heavy atom. The summed E-state index contributed by atoms with van der Waals surface area (Å²) in [5, 5.41) is 0. The summed E-state index contributed by atoms with van der Waals surface area (Å²) < 4.78 is 4.84. The van der Waals surface area contributed by atoms with Crippen LogP contribution >= 0.6 is 0 Å². The summed E-state index contributed by atoms with van der Waals surface area (Å²) >= 11 is 0. The van der Waals surface area contributed by atoms with Crippen molar-refractivity contribution in [3.63, 3.8) is 0 Å². The van der Waals surface area contributed by atoms with Gasteiger partial charge in [-0.05, 0) is 23.8 Å². The first-order valence-corrected chi connectivity index (χ1v) is 9.03. The predicted octanol–water partition coefficient (Wildman–Crippen LogP) is 3.40. The van der Waals surface area contributed by atoms with E-state index in [1.165, 1.54) is 7.11 Å². The minimum absolute atomic E-state index is 0.159. The summed E-state index contributed by atoms with van der Waals surface area (Å²) in [5.74, 6) is -2.98. The molecule has 5 heteroatoms. The normalized spacial score (nSPS) is 23.7. The van der Waals surface area contributed by atoms with Crippen LogP contribution in [0.4, 0.5) is 0 Å². The number of aliphatic imine (C=N–C) groups is 1. The molecule has 0 spiro atoms. The number of ether oxygens (including phenoxy) is 1. The van der Waals surface area contributed by atoms with Crippen molar-refractivity contribution in [2.75, 3.05) is 7.11 Å². The average molecular weight is 357 g/mol. The van der Waals surface area contributed by atoms with E-state index in [1.807, 2.05) is 51.1 Å². The number of esters is 1. The first kappa shape index (κ1) is 20.0. The molecular weight excluding hydrogens is 330 g/mol. The topological polar surface area (TPSA) is 72.8 Å². The van der Waals surface area contributed by atoms with Crippen molar-refractivity contribution in [1.29, 1.82) is 0 Å². The second kappa shape index (κ2) is 8.39. The fourth-order valence-electron chi connectivity index (χ4n) is 3.60. The van der Waals surface area contributed by atoms with E-state index in [0.717, 1.165) is 5.56 Å². The van der Waals surface area contributed by atoms with Crippen molar-refractivity contribution < 1.29 is 19.1 Å². The van der Waals surface area contributed by atoms with Gasteiger partial charge >= 0.3 is 5.97 Å². The van der Waals surface area contributed by atoms with Gasteiger partial charge < -0.3 is 4.74 Å². The summed E-state index contributed by atoms with van der Waals surface area (Å²) in [6.45, 7) is 6.02. The minimum atomic E-state index is -0.936. The van der Waals surface area contributed by atoms with E-state index < -0.39 is 23.2 Å². The maximum atomic E-state index is 13.1. The third-order valence-corrected chi connectivity index (χ3v) is 4.88. The van der Waals surface area contributed by atoms with Crippen molar-refractivity contribution in [3.05, 3.63) is 35.9 Å². The third-order valence-electron chi connectivity index (χ3n) is 4.88. The van der Waals surface area contributed by atoms with Gasteiger partial charge in [0.1, 0.15) is 17.6 Å². The van der Waals surface area contributed by atoms with Gasteiger partial charge in [0.2, 0.25) is 0 Å². The predicted molar refractivity (Wildman–Crippen MR) is 99.9 cm³/mol. The Bertz CT molecular complexity index is 706. The highest BCUT2D eigenvalue weighted by molar-refractivity contribution is 6.26. The Morgan fingerprint density at radius 3 is 2.46 bits per heavy atom. The van der Waals surface area contributed by atoms with Crippen LogP contribution in [-0.4, -0.2) is 30.4 Å². The summed E-state index contributed by atoms with van der Waals surface area (Å²) in [7, 11) is 1.27. The second-order valence-electron chi connectivity index (χ2n) is 7.47. The lowest BCUT2D eigenvalue weighted by atomic mass is 9.62. The van der Waals surface area contributed by atoms with Crippen molar-refractivity contribution in [3.8, 4) is 0 Å². The molecule has 1 fully saturated rings. The van der Waals surface area contributed by atoms with Gasteiger partial charge in [-0.15, -0.1) is 0 Å². The molecule has 2 atom stereocenters. The molecule has 0 amide bonds. The number of hydrogen-bond acceptors (Lipinski definition) is 5. The zero-order chi connectivity index (χ0) is 19.3. The van der Waals surface area contributed by atoms with Crippen LogP contribution in [0.25, 0.3) is 0 Å². The zero-order valence-corrected chi connectivity index (χ0v) is 16.0. The van der Waals surface area contributed by atoms with Crippen LogP contribution in [0.5, 0.6) is 0 Å². The SMILES string of the molecule is CCCC(=O)[C@@H]1C(=O)[C@@H](C(=O)OC)C(C)(C)CC1=NCc1ccccc1. The summed E-state index contributed by atoms with van der Waals surface area (Å²) in [6.07, 6.45) is 1.38. The maximum Gasteiger partial charge on any atom is 0.316 e. The number of carbonyl (C=O) groups excluding carboxylic acids is 3. The Labute approximate surface area is 154 Å². The molecule has 140 valence electrons. The molecule has 0 heterocycles. The van der Waals surface area contributed by atoms with E-state index >= 15 is 0 Å². The summed E-state index contributed by atoms with van der Waals surface area (Å²) in [5.41, 5.74) is 0.965. The molecule has 1 saturated carbocycles. The van der Waals surface area contributed by atoms with Crippen LogP contribution in [0.1, 0.15) is 45.6 Å². The molecule has 0 radical (unpaired) electrons. The van der Waals surface area contributed by atoms with Gasteiger partial charge in [-0.1, -0.05) is 51.1 Å². The minimum Gasteiger partial charge on any atom is -0.468 e. The zero-order valence-electron chi connectivity index (χ0n) is 16.0. The Morgan fingerprint density at radius 1 is 1.23 bits per heavy atom. The smallest absolute Gasteiger partial charge is 0.316 e. The lowest BCUT2D eigenvalue weighted by molar-refractivity contribution is -0.156. The molecule has 0 bridgehead atoms. The Kier molecular flexibility index (Phi) is 6.46. The van der Waals surface area contributed by atoms with Crippen LogP contribution in [0.2, 0.25) is 0 Å². The molecule has 1 aromatic rings. The van der Waals surface area contributed by atoms with Crippen LogP contribution in [-0.2, 0) is 25.7 Å². The lowest BCUT2D eigenvalue weighted by Crippen LogP contribution is -2.52. The molecule has 0 unspecified atom stereocenters. The Balaban J connectivity index is 2.39. The number of methoxy groups -OCH3 is 1. The second-order valence-corrected chi connectivity index (χ2v) is 7.47. The third kappa shape index (κ3) is 4.26. The van der Waals surface area contributed by atoms with E-state index in [1.54, 1.807) is 0 Å². The highest BCUT2D eigenvalue weighted by atomic mass is 16.5. The first-order valence-electron chi connectivity index (χ1n) is 9.03. The molecule has 0 aromatic heterocycles. The van der Waals surface area contributed by atoms with Crippen LogP contribution in [0.3, 0.4) is 0 Å². The maximum absolute atomic E-state index is 13.1. The fraction of sp³-hybridized carbons (Fsp3) is 0.524. The van der Waals surface area contributed by atoms with Crippen molar-refractivity contribution in [1.82, 2.24) is 0 Å². The number of rotatable bonds is 6.